The van der Waals surface area contributed by atoms with Crippen LogP contribution in [0.15, 0.2) is 77.7 Å². The highest BCUT2D eigenvalue weighted by molar-refractivity contribution is 7.92. The molecule has 3 rings (SSSR count). The summed E-state index contributed by atoms with van der Waals surface area (Å²) < 4.78 is 46.4. The van der Waals surface area contributed by atoms with Gasteiger partial charge in [-0.05, 0) is 67.9 Å². The molecule has 3 aromatic rings. The maximum Gasteiger partial charge on any atom is 0.338 e. The number of benzene rings is 3. The van der Waals surface area contributed by atoms with E-state index < -0.39 is 33.8 Å². The summed E-state index contributed by atoms with van der Waals surface area (Å²) >= 11 is 0. The van der Waals surface area contributed by atoms with Crippen molar-refractivity contribution >= 4 is 33.3 Å². The summed E-state index contributed by atoms with van der Waals surface area (Å²) in [5.41, 5.74) is 1.18. The number of sulfonamides is 1. The molecule has 1 amide bonds. The highest BCUT2D eigenvalue weighted by Gasteiger charge is 2.25. The second kappa shape index (κ2) is 9.83. The van der Waals surface area contributed by atoms with Crippen LogP contribution in [0, 0.1) is 12.7 Å². The Morgan fingerprint density at radius 2 is 1.64 bits per heavy atom. The molecule has 0 bridgehead atoms. The standard InChI is InChI=1S/C24H23FN2O5S/c1-16-9-10-18(15-22(16)33(30,31)26-20-13-11-19(25)12-14-20)24(29)32-17(2)23(28)27(3)21-7-5-4-6-8-21/h4-15,17,26H,1-3H3. The average Bonchev–Trinajstić information content (AvgIpc) is 2.80. The van der Waals surface area contributed by atoms with E-state index in [-0.39, 0.29) is 16.1 Å². The summed E-state index contributed by atoms with van der Waals surface area (Å²) in [6, 6.07) is 17.8. The topological polar surface area (TPSA) is 92.8 Å². The molecule has 0 spiro atoms. The Balaban J connectivity index is 1.77. The van der Waals surface area contributed by atoms with Gasteiger partial charge in [0.1, 0.15) is 5.82 Å². The molecule has 0 radical (unpaired) electrons. The lowest BCUT2D eigenvalue weighted by molar-refractivity contribution is -0.126. The molecule has 3 aromatic carbocycles. The predicted molar refractivity (Wildman–Crippen MR) is 123 cm³/mol. The third-order valence-corrected chi connectivity index (χ3v) is 6.44. The maximum absolute atomic E-state index is 13.1. The molecule has 1 unspecified atom stereocenters. The Labute approximate surface area is 191 Å². The van der Waals surface area contributed by atoms with Crippen LogP contribution in [0.4, 0.5) is 15.8 Å². The zero-order chi connectivity index (χ0) is 24.2. The highest BCUT2D eigenvalue weighted by Crippen LogP contribution is 2.22. The van der Waals surface area contributed by atoms with Gasteiger partial charge in [-0.1, -0.05) is 24.3 Å². The number of halogens is 1. The summed E-state index contributed by atoms with van der Waals surface area (Å²) in [4.78, 5) is 26.5. The summed E-state index contributed by atoms with van der Waals surface area (Å²) in [5, 5.41) is 0. The van der Waals surface area contributed by atoms with E-state index in [1.54, 1.807) is 38.2 Å². The van der Waals surface area contributed by atoms with Gasteiger partial charge < -0.3 is 9.64 Å². The van der Waals surface area contributed by atoms with Crippen LogP contribution in [-0.4, -0.2) is 33.4 Å². The second-order valence-corrected chi connectivity index (χ2v) is 9.02. The number of nitrogens with one attached hydrogen (secondary N) is 1. The minimum atomic E-state index is -4.06. The number of para-hydroxylation sites is 1. The Morgan fingerprint density at radius 1 is 1.00 bits per heavy atom. The molecule has 0 saturated heterocycles. The van der Waals surface area contributed by atoms with Crippen molar-refractivity contribution < 1.29 is 27.1 Å². The van der Waals surface area contributed by atoms with Crippen molar-refractivity contribution in [3.8, 4) is 0 Å². The van der Waals surface area contributed by atoms with Crippen LogP contribution in [0.5, 0.6) is 0 Å². The fraction of sp³-hybridized carbons (Fsp3) is 0.167. The van der Waals surface area contributed by atoms with Crippen molar-refractivity contribution in [3.05, 3.63) is 89.7 Å². The van der Waals surface area contributed by atoms with Crippen LogP contribution in [0.3, 0.4) is 0 Å². The first-order chi connectivity index (χ1) is 15.6. The molecule has 33 heavy (non-hydrogen) atoms. The van der Waals surface area contributed by atoms with Crippen LogP contribution < -0.4 is 9.62 Å². The van der Waals surface area contributed by atoms with E-state index in [0.717, 1.165) is 12.1 Å². The van der Waals surface area contributed by atoms with Gasteiger partial charge in [0.05, 0.1) is 10.5 Å². The number of aryl methyl sites for hydroxylation is 1. The Hall–Kier alpha value is -3.72. The number of rotatable bonds is 7. The van der Waals surface area contributed by atoms with E-state index in [1.165, 1.54) is 42.2 Å². The SMILES string of the molecule is Cc1ccc(C(=O)OC(C)C(=O)N(C)c2ccccc2)cc1S(=O)(=O)Nc1ccc(F)cc1. The minimum Gasteiger partial charge on any atom is -0.449 e. The van der Waals surface area contributed by atoms with E-state index in [0.29, 0.717) is 11.3 Å². The van der Waals surface area contributed by atoms with Gasteiger partial charge in [-0.3, -0.25) is 9.52 Å². The first-order valence-electron chi connectivity index (χ1n) is 10.0. The fourth-order valence-corrected chi connectivity index (χ4v) is 4.41. The van der Waals surface area contributed by atoms with E-state index in [9.17, 15) is 22.4 Å². The number of nitrogens with zero attached hydrogens (tertiary/aromatic N) is 1. The largest absolute Gasteiger partial charge is 0.449 e. The van der Waals surface area contributed by atoms with Gasteiger partial charge in [-0.25, -0.2) is 17.6 Å². The van der Waals surface area contributed by atoms with Crippen molar-refractivity contribution in [2.45, 2.75) is 24.8 Å². The lowest BCUT2D eigenvalue weighted by Crippen LogP contribution is -2.37. The van der Waals surface area contributed by atoms with Crippen molar-refractivity contribution in [1.82, 2.24) is 0 Å². The number of esters is 1. The number of ether oxygens (including phenoxy) is 1. The van der Waals surface area contributed by atoms with Gasteiger partial charge in [-0.15, -0.1) is 0 Å². The molecule has 0 aromatic heterocycles. The highest BCUT2D eigenvalue weighted by atomic mass is 32.2. The van der Waals surface area contributed by atoms with Gasteiger partial charge in [0, 0.05) is 18.4 Å². The monoisotopic (exact) mass is 470 g/mol. The number of amides is 1. The van der Waals surface area contributed by atoms with E-state index in [4.69, 9.17) is 4.74 Å². The third kappa shape index (κ3) is 5.75. The van der Waals surface area contributed by atoms with Crippen LogP contribution >= 0.6 is 0 Å². The van der Waals surface area contributed by atoms with E-state index in [2.05, 4.69) is 4.72 Å². The lowest BCUT2D eigenvalue weighted by Gasteiger charge is -2.21. The van der Waals surface area contributed by atoms with Crippen molar-refractivity contribution in [1.29, 1.82) is 0 Å². The van der Waals surface area contributed by atoms with Crippen LogP contribution in [0.25, 0.3) is 0 Å². The minimum absolute atomic E-state index is 0.0258. The van der Waals surface area contributed by atoms with Gasteiger partial charge in [-0.2, -0.15) is 0 Å². The zero-order valence-electron chi connectivity index (χ0n) is 18.3. The molecular weight excluding hydrogens is 447 g/mol. The predicted octanol–water partition coefficient (Wildman–Crippen LogP) is 4.14. The first kappa shape index (κ1) is 23.9. The quantitative estimate of drug-likeness (QED) is 0.524. The van der Waals surface area contributed by atoms with Crippen LogP contribution in [-0.2, 0) is 19.6 Å². The Kier molecular flexibility index (Phi) is 7.13. The maximum atomic E-state index is 13.1. The third-order valence-electron chi connectivity index (χ3n) is 4.92. The molecule has 0 aliphatic rings. The molecule has 7 nitrogen and oxygen atoms in total. The fourth-order valence-electron chi connectivity index (χ4n) is 3.08. The molecule has 9 heteroatoms. The molecule has 1 atom stereocenters. The second-order valence-electron chi connectivity index (χ2n) is 7.37. The number of anilines is 2. The van der Waals surface area contributed by atoms with Gasteiger partial charge in [0.15, 0.2) is 6.10 Å². The van der Waals surface area contributed by atoms with Gasteiger partial charge in [0.25, 0.3) is 15.9 Å². The van der Waals surface area contributed by atoms with E-state index in [1.807, 2.05) is 6.07 Å². The molecule has 0 saturated carbocycles. The zero-order valence-corrected chi connectivity index (χ0v) is 19.1. The summed E-state index contributed by atoms with van der Waals surface area (Å²) in [6.45, 7) is 3.02. The Bertz CT molecular complexity index is 1260. The van der Waals surface area contributed by atoms with Crippen molar-refractivity contribution in [2.75, 3.05) is 16.7 Å². The summed E-state index contributed by atoms with van der Waals surface area (Å²) in [7, 11) is -2.49. The number of carbonyl (C=O) groups is 2. The van der Waals surface area contributed by atoms with E-state index >= 15 is 0 Å². The number of carbonyl (C=O) groups excluding carboxylic acids is 2. The number of hydrogen-bond donors (Lipinski definition) is 1. The molecule has 0 fully saturated rings. The summed E-state index contributed by atoms with van der Waals surface area (Å²) in [5.74, 6) is -1.77. The summed E-state index contributed by atoms with van der Waals surface area (Å²) in [6.07, 6.45) is -1.10. The number of hydrogen-bond acceptors (Lipinski definition) is 5. The molecule has 0 heterocycles. The Morgan fingerprint density at radius 3 is 2.27 bits per heavy atom. The first-order valence-corrected chi connectivity index (χ1v) is 11.5. The molecule has 0 aliphatic heterocycles. The van der Waals surface area contributed by atoms with Gasteiger partial charge in [0.2, 0.25) is 0 Å². The number of likely N-dealkylation sites (N-methyl/N-ethyl adjacent to an activating group) is 1. The smallest absolute Gasteiger partial charge is 0.338 e. The molecule has 0 aliphatic carbocycles. The van der Waals surface area contributed by atoms with Crippen molar-refractivity contribution in [3.63, 3.8) is 0 Å². The average molecular weight is 471 g/mol. The van der Waals surface area contributed by atoms with Crippen LogP contribution in [0.1, 0.15) is 22.8 Å². The normalized spacial score (nSPS) is 12.0. The molecule has 172 valence electrons. The van der Waals surface area contributed by atoms with Crippen LogP contribution in [0.2, 0.25) is 0 Å². The molecule has 1 N–H and O–H groups in total. The lowest BCUT2D eigenvalue weighted by atomic mass is 10.1. The van der Waals surface area contributed by atoms with Gasteiger partial charge >= 0.3 is 5.97 Å². The molecular formula is C24H23FN2O5S. The van der Waals surface area contributed by atoms with Crippen molar-refractivity contribution in [2.24, 2.45) is 0 Å².